The second-order valence-electron chi connectivity index (χ2n) is 2.71. The van der Waals surface area contributed by atoms with Crippen LogP contribution in [-0.2, 0) is 16.0 Å². The summed E-state index contributed by atoms with van der Waals surface area (Å²) in [4.78, 5) is 21.1. The van der Waals surface area contributed by atoms with E-state index in [9.17, 15) is 9.59 Å². The molecule has 1 aromatic carbocycles. The molecule has 68 valence electrons. The third-order valence-electron chi connectivity index (χ3n) is 1.63. The Balaban J connectivity index is 2.59. The van der Waals surface area contributed by atoms with Crippen molar-refractivity contribution in [1.82, 2.24) is 0 Å². The number of aldehydes is 1. The highest BCUT2D eigenvalue weighted by Gasteiger charge is 2.01. The zero-order chi connectivity index (χ0) is 9.68. The summed E-state index contributed by atoms with van der Waals surface area (Å²) in [6.07, 6.45) is 0.989. The molecule has 3 heteroatoms. The maximum absolute atomic E-state index is 11.1. The Morgan fingerprint density at radius 3 is 2.46 bits per heavy atom. The van der Waals surface area contributed by atoms with Crippen LogP contribution >= 0.6 is 15.9 Å². The standard InChI is InChI=1S/C10H9BrO2/c11-9-3-1-8(2-4-9)7-10(13)5-6-12/h1-4,6H,5,7H2. The van der Waals surface area contributed by atoms with Crippen molar-refractivity contribution in [1.29, 1.82) is 0 Å². The molecule has 1 rings (SSSR count). The maximum Gasteiger partial charge on any atom is 0.144 e. The Morgan fingerprint density at radius 2 is 1.92 bits per heavy atom. The molecule has 0 amide bonds. The Morgan fingerprint density at radius 1 is 1.31 bits per heavy atom. The first kappa shape index (κ1) is 10.1. The average molecular weight is 241 g/mol. The van der Waals surface area contributed by atoms with E-state index in [1.165, 1.54) is 0 Å². The second kappa shape index (κ2) is 4.92. The lowest BCUT2D eigenvalue weighted by Crippen LogP contribution is -2.02. The van der Waals surface area contributed by atoms with E-state index in [0.717, 1.165) is 10.0 Å². The third kappa shape index (κ3) is 3.51. The number of ketones is 1. The largest absolute Gasteiger partial charge is 0.303 e. The van der Waals surface area contributed by atoms with E-state index in [0.29, 0.717) is 12.7 Å². The topological polar surface area (TPSA) is 34.1 Å². The van der Waals surface area contributed by atoms with Crippen molar-refractivity contribution in [3.8, 4) is 0 Å². The van der Waals surface area contributed by atoms with Crippen LogP contribution in [0.15, 0.2) is 28.7 Å². The van der Waals surface area contributed by atoms with Crippen LogP contribution in [0.25, 0.3) is 0 Å². The van der Waals surface area contributed by atoms with Crippen LogP contribution in [0.3, 0.4) is 0 Å². The number of benzene rings is 1. The van der Waals surface area contributed by atoms with Crippen LogP contribution in [0.1, 0.15) is 12.0 Å². The summed E-state index contributed by atoms with van der Waals surface area (Å²) in [5.74, 6) is -0.0441. The van der Waals surface area contributed by atoms with Crippen molar-refractivity contribution in [3.63, 3.8) is 0 Å². The summed E-state index contributed by atoms with van der Waals surface area (Å²) in [6.45, 7) is 0. The number of halogens is 1. The van der Waals surface area contributed by atoms with E-state index in [1.807, 2.05) is 24.3 Å². The maximum atomic E-state index is 11.1. The zero-order valence-electron chi connectivity index (χ0n) is 7.00. The van der Waals surface area contributed by atoms with Gasteiger partial charge >= 0.3 is 0 Å². The van der Waals surface area contributed by atoms with E-state index < -0.39 is 0 Å². The highest BCUT2D eigenvalue weighted by molar-refractivity contribution is 9.10. The van der Waals surface area contributed by atoms with Crippen molar-refractivity contribution in [2.45, 2.75) is 12.8 Å². The molecular weight excluding hydrogens is 232 g/mol. The molecule has 0 bridgehead atoms. The van der Waals surface area contributed by atoms with Gasteiger partial charge in [-0.1, -0.05) is 28.1 Å². The quantitative estimate of drug-likeness (QED) is 0.597. The summed E-state index contributed by atoms with van der Waals surface area (Å²) in [7, 11) is 0. The number of Topliss-reactive ketones (excluding diaryl/α,β-unsaturated/α-hetero) is 1. The minimum atomic E-state index is -0.0441. The van der Waals surface area contributed by atoms with Gasteiger partial charge < -0.3 is 4.79 Å². The fourth-order valence-corrected chi connectivity index (χ4v) is 1.26. The van der Waals surface area contributed by atoms with Gasteiger partial charge in [-0.05, 0) is 17.7 Å². The Kier molecular flexibility index (Phi) is 3.83. The van der Waals surface area contributed by atoms with Crippen molar-refractivity contribution in [2.75, 3.05) is 0 Å². The van der Waals surface area contributed by atoms with Gasteiger partial charge in [-0.15, -0.1) is 0 Å². The first-order valence-electron chi connectivity index (χ1n) is 3.92. The lowest BCUT2D eigenvalue weighted by atomic mass is 10.1. The van der Waals surface area contributed by atoms with Crippen LogP contribution in [0.5, 0.6) is 0 Å². The lowest BCUT2D eigenvalue weighted by Gasteiger charge is -1.97. The van der Waals surface area contributed by atoms with E-state index in [-0.39, 0.29) is 12.2 Å². The van der Waals surface area contributed by atoms with Gasteiger partial charge in [0.2, 0.25) is 0 Å². The SMILES string of the molecule is O=CCC(=O)Cc1ccc(Br)cc1. The molecule has 0 saturated heterocycles. The van der Waals surface area contributed by atoms with Crippen molar-refractivity contribution >= 4 is 28.0 Å². The van der Waals surface area contributed by atoms with Gasteiger partial charge in [0.15, 0.2) is 0 Å². The number of carbonyl (C=O) groups excluding carboxylic acids is 2. The molecule has 0 atom stereocenters. The Bertz CT molecular complexity index is 303. The normalized spacial score (nSPS) is 9.62. The van der Waals surface area contributed by atoms with E-state index >= 15 is 0 Å². The molecule has 0 saturated carbocycles. The van der Waals surface area contributed by atoms with Gasteiger partial charge in [-0.3, -0.25) is 4.79 Å². The van der Waals surface area contributed by atoms with Crippen LogP contribution in [-0.4, -0.2) is 12.1 Å². The molecular formula is C10H9BrO2. The minimum Gasteiger partial charge on any atom is -0.303 e. The molecule has 0 radical (unpaired) electrons. The van der Waals surface area contributed by atoms with Crippen LogP contribution in [0.4, 0.5) is 0 Å². The fraction of sp³-hybridized carbons (Fsp3) is 0.200. The molecule has 0 aliphatic carbocycles. The predicted octanol–water partition coefficient (Wildman–Crippen LogP) is 2.15. The fourth-order valence-electron chi connectivity index (χ4n) is 0.995. The number of carbonyl (C=O) groups is 2. The predicted molar refractivity (Wildman–Crippen MR) is 53.5 cm³/mol. The molecule has 0 unspecified atom stereocenters. The summed E-state index contributed by atoms with van der Waals surface area (Å²) in [5, 5.41) is 0. The minimum absolute atomic E-state index is 0.00998. The van der Waals surface area contributed by atoms with Crippen LogP contribution in [0, 0.1) is 0 Å². The van der Waals surface area contributed by atoms with E-state index in [2.05, 4.69) is 15.9 Å². The Labute approximate surface area is 85.1 Å². The van der Waals surface area contributed by atoms with Crippen LogP contribution in [0.2, 0.25) is 0 Å². The van der Waals surface area contributed by atoms with E-state index in [1.54, 1.807) is 0 Å². The van der Waals surface area contributed by atoms with Gasteiger partial charge in [0.25, 0.3) is 0 Å². The summed E-state index contributed by atoms with van der Waals surface area (Å²) in [5.41, 5.74) is 0.940. The molecule has 0 fully saturated rings. The highest BCUT2D eigenvalue weighted by atomic mass is 79.9. The Hall–Kier alpha value is -0.960. The average Bonchev–Trinajstić information content (AvgIpc) is 2.09. The zero-order valence-corrected chi connectivity index (χ0v) is 8.58. The van der Waals surface area contributed by atoms with Gasteiger partial charge in [0.1, 0.15) is 12.1 Å². The molecule has 0 spiro atoms. The van der Waals surface area contributed by atoms with Crippen LogP contribution < -0.4 is 0 Å². The third-order valence-corrected chi connectivity index (χ3v) is 2.15. The number of hydrogen-bond donors (Lipinski definition) is 0. The van der Waals surface area contributed by atoms with Gasteiger partial charge in [-0.25, -0.2) is 0 Å². The molecule has 2 nitrogen and oxygen atoms in total. The molecule has 0 aliphatic rings. The molecule has 13 heavy (non-hydrogen) atoms. The molecule has 0 aliphatic heterocycles. The van der Waals surface area contributed by atoms with Gasteiger partial charge in [0.05, 0.1) is 6.42 Å². The van der Waals surface area contributed by atoms with Crippen molar-refractivity contribution < 1.29 is 9.59 Å². The summed E-state index contributed by atoms with van der Waals surface area (Å²) in [6, 6.07) is 7.49. The lowest BCUT2D eigenvalue weighted by molar-refractivity contribution is -0.121. The highest BCUT2D eigenvalue weighted by Crippen LogP contribution is 2.11. The molecule has 0 N–H and O–H groups in total. The monoisotopic (exact) mass is 240 g/mol. The summed E-state index contributed by atoms with van der Waals surface area (Å²) >= 11 is 3.30. The van der Waals surface area contributed by atoms with Crippen molar-refractivity contribution in [2.24, 2.45) is 0 Å². The smallest absolute Gasteiger partial charge is 0.144 e. The van der Waals surface area contributed by atoms with Gasteiger partial charge in [-0.2, -0.15) is 0 Å². The molecule has 0 aromatic heterocycles. The second-order valence-corrected chi connectivity index (χ2v) is 3.63. The van der Waals surface area contributed by atoms with Gasteiger partial charge in [0, 0.05) is 10.9 Å². The number of hydrogen-bond acceptors (Lipinski definition) is 2. The molecule has 1 aromatic rings. The summed E-state index contributed by atoms with van der Waals surface area (Å²) < 4.78 is 0.985. The molecule has 0 heterocycles. The van der Waals surface area contributed by atoms with Crippen molar-refractivity contribution in [3.05, 3.63) is 34.3 Å². The number of rotatable bonds is 4. The van der Waals surface area contributed by atoms with E-state index in [4.69, 9.17) is 0 Å². The first-order valence-corrected chi connectivity index (χ1v) is 4.71. The first-order chi connectivity index (χ1) is 6.22.